The van der Waals surface area contributed by atoms with Crippen molar-refractivity contribution in [1.29, 1.82) is 0 Å². The van der Waals surface area contributed by atoms with Crippen molar-refractivity contribution in [2.24, 2.45) is 11.3 Å². The van der Waals surface area contributed by atoms with Gasteiger partial charge in [-0.15, -0.1) is 0 Å². The first-order valence-corrected chi connectivity index (χ1v) is 6.88. The van der Waals surface area contributed by atoms with Crippen LogP contribution in [0.5, 0.6) is 0 Å². The van der Waals surface area contributed by atoms with Crippen LogP contribution in [0.25, 0.3) is 0 Å². The Morgan fingerprint density at radius 2 is 1.84 bits per heavy atom. The summed E-state index contributed by atoms with van der Waals surface area (Å²) in [5, 5.41) is 12.2. The van der Waals surface area contributed by atoms with E-state index in [1.165, 1.54) is 0 Å². The van der Waals surface area contributed by atoms with Crippen molar-refractivity contribution in [1.82, 2.24) is 10.2 Å². The fourth-order valence-corrected chi connectivity index (χ4v) is 2.14. The second-order valence-corrected chi connectivity index (χ2v) is 6.68. The molecule has 0 radical (unpaired) electrons. The summed E-state index contributed by atoms with van der Waals surface area (Å²) in [6, 6.07) is -0.161. The lowest BCUT2D eigenvalue weighted by Gasteiger charge is -2.41. The van der Waals surface area contributed by atoms with E-state index >= 15 is 0 Å². The monoisotopic (exact) mass is 270 g/mol. The van der Waals surface area contributed by atoms with Crippen LogP contribution in [0.4, 0.5) is 4.79 Å². The van der Waals surface area contributed by atoms with Crippen LogP contribution in [0.3, 0.4) is 0 Å². The predicted molar refractivity (Wildman–Crippen MR) is 74.0 cm³/mol. The van der Waals surface area contributed by atoms with E-state index < -0.39 is 16.9 Å². The number of nitrogens with one attached hydrogen (secondary N) is 1. The molecule has 2 N–H and O–H groups in total. The number of hydrogen-bond donors (Lipinski definition) is 2. The number of hydrogen-bond acceptors (Lipinski definition) is 2. The molecule has 1 heterocycles. The maximum absolute atomic E-state index is 12.3. The van der Waals surface area contributed by atoms with Crippen molar-refractivity contribution in [2.45, 2.75) is 53.0 Å². The van der Waals surface area contributed by atoms with Crippen molar-refractivity contribution >= 4 is 12.0 Å². The topological polar surface area (TPSA) is 69.6 Å². The van der Waals surface area contributed by atoms with Crippen LogP contribution in [-0.2, 0) is 4.79 Å². The molecule has 0 saturated carbocycles. The van der Waals surface area contributed by atoms with Crippen LogP contribution < -0.4 is 5.32 Å². The number of rotatable bonds is 3. The summed E-state index contributed by atoms with van der Waals surface area (Å²) in [5.41, 5.74) is -1.83. The molecule has 5 nitrogen and oxygen atoms in total. The quantitative estimate of drug-likeness (QED) is 0.827. The van der Waals surface area contributed by atoms with Crippen LogP contribution in [-0.4, -0.2) is 40.6 Å². The minimum absolute atomic E-state index is 0.161. The largest absolute Gasteiger partial charge is 0.481 e. The van der Waals surface area contributed by atoms with Gasteiger partial charge in [0.05, 0.1) is 11.0 Å². The average Bonchev–Trinajstić information content (AvgIpc) is 2.27. The molecule has 1 atom stereocenters. The number of likely N-dealkylation sites (tertiary alicyclic amines) is 1. The molecule has 1 saturated heterocycles. The molecule has 1 aliphatic rings. The highest BCUT2D eigenvalue weighted by Gasteiger charge is 2.45. The fourth-order valence-electron chi connectivity index (χ4n) is 2.14. The van der Waals surface area contributed by atoms with E-state index in [-0.39, 0.29) is 6.03 Å². The third-order valence-electron chi connectivity index (χ3n) is 4.46. The molecule has 19 heavy (non-hydrogen) atoms. The van der Waals surface area contributed by atoms with Gasteiger partial charge in [0.15, 0.2) is 0 Å². The number of carbonyl (C=O) groups excluding carboxylic acids is 1. The van der Waals surface area contributed by atoms with E-state index in [4.69, 9.17) is 0 Å². The molecule has 0 bridgehead atoms. The first-order valence-electron chi connectivity index (χ1n) is 6.88. The van der Waals surface area contributed by atoms with Gasteiger partial charge in [0, 0.05) is 13.1 Å². The van der Waals surface area contributed by atoms with Crippen LogP contribution in [0.2, 0.25) is 0 Å². The Hall–Kier alpha value is -1.26. The molecular weight excluding hydrogens is 244 g/mol. The molecule has 0 aromatic carbocycles. The Morgan fingerprint density at radius 1 is 1.26 bits per heavy atom. The van der Waals surface area contributed by atoms with E-state index in [9.17, 15) is 14.7 Å². The number of amides is 2. The minimum Gasteiger partial charge on any atom is -0.481 e. The van der Waals surface area contributed by atoms with Gasteiger partial charge in [0.1, 0.15) is 0 Å². The molecule has 0 aromatic rings. The molecule has 5 heteroatoms. The zero-order chi connectivity index (χ0) is 14.8. The summed E-state index contributed by atoms with van der Waals surface area (Å²) in [7, 11) is 0. The minimum atomic E-state index is -1.02. The van der Waals surface area contributed by atoms with Crippen LogP contribution >= 0.6 is 0 Å². The Balaban J connectivity index is 2.72. The summed E-state index contributed by atoms with van der Waals surface area (Å²) in [5.74, 6) is -0.403. The smallest absolute Gasteiger partial charge is 0.317 e. The van der Waals surface area contributed by atoms with Gasteiger partial charge in [0.2, 0.25) is 0 Å². The van der Waals surface area contributed by atoms with Crippen molar-refractivity contribution < 1.29 is 14.7 Å². The first-order chi connectivity index (χ1) is 8.58. The summed E-state index contributed by atoms with van der Waals surface area (Å²) in [4.78, 5) is 25.3. The number of carboxylic acids is 1. The Labute approximate surface area is 115 Å². The second-order valence-electron chi connectivity index (χ2n) is 6.68. The number of carboxylic acid groups (broad SMARTS) is 1. The summed E-state index contributed by atoms with van der Waals surface area (Å²) < 4.78 is 0. The zero-order valence-electron chi connectivity index (χ0n) is 12.6. The lowest BCUT2D eigenvalue weighted by Crippen LogP contribution is -2.60. The molecule has 1 fully saturated rings. The summed E-state index contributed by atoms with van der Waals surface area (Å²) in [6.07, 6.45) is 2.16. The van der Waals surface area contributed by atoms with Crippen molar-refractivity contribution in [2.75, 3.05) is 13.1 Å². The lowest BCUT2D eigenvalue weighted by atomic mass is 9.74. The van der Waals surface area contributed by atoms with Crippen molar-refractivity contribution in [3.05, 3.63) is 0 Å². The number of piperidine rings is 1. The molecule has 0 aromatic heterocycles. The van der Waals surface area contributed by atoms with Crippen molar-refractivity contribution in [3.63, 3.8) is 0 Å². The maximum Gasteiger partial charge on any atom is 0.317 e. The normalized spacial score (nSPS) is 21.1. The first kappa shape index (κ1) is 15.8. The Kier molecular flexibility index (Phi) is 4.48. The van der Waals surface area contributed by atoms with E-state index in [0.717, 1.165) is 25.9 Å². The maximum atomic E-state index is 12.3. The van der Waals surface area contributed by atoms with Crippen LogP contribution in [0, 0.1) is 11.3 Å². The molecule has 1 rings (SSSR count). The van der Waals surface area contributed by atoms with Gasteiger partial charge < -0.3 is 15.3 Å². The average molecular weight is 270 g/mol. The van der Waals surface area contributed by atoms with Gasteiger partial charge in [0.25, 0.3) is 0 Å². The highest BCUT2D eigenvalue weighted by molar-refractivity contribution is 5.79. The highest BCUT2D eigenvalue weighted by atomic mass is 16.4. The summed E-state index contributed by atoms with van der Waals surface area (Å²) >= 11 is 0. The number of aliphatic carboxylic acids is 1. The molecule has 0 aliphatic carbocycles. The Morgan fingerprint density at radius 3 is 2.32 bits per heavy atom. The van der Waals surface area contributed by atoms with Gasteiger partial charge in [-0.05, 0) is 46.5 Å². The number of nitrogens with zero attached hydrogens (tertiary/aromatic N) is 1. The van der Waals surface area contributed by atoms with Crippen molar-refractivity contribution in [3.8, 4) is 0 Å². The molecule has 1 aliphatic heterocycles. The molecule has 1 unspecified atom stereocenters. The number of urea groups is 1. The molecular formula is C14H26N2O3. The van der Waals surface area contributed by atoms with Gasteiger partial charge in [-0.1, -0.05) is 6.92 Å². The van der Waals surface area contributed by atoms with E-state index in [0.29, 0.717) is 5.92 Å². The molecule has 0 spiro atoms. The van der Waals surface area contributed by atoms with Crippen LogP contribution in [0.15, 0.2) is 0 Å². The standard InChI is InChI=1S/C14H26N2O3/c1-10-7-6-8-16(9-10)12(19)15-14(4,5)13(2,3)11(17)18/h10H,6-9H2,1-5H3,(H,15,19)(H,17,18). The van der Waals surface area contributed by atoms with E-state index in [2.05, 4.69) is 12.2 Å². The van der Waals surface area contributed by atoms with E-state index in [1.54, 1.807) is 32.6 Å². The third-order valence-corrected chi connectivity index (χ3v) is 4.46. The third kappa shape index (κ3) is 3.39. The van der Waals surface area contributed by atoms with Crippen LogP contribution in [0.1, 0.15) is 47.5 Å². The fraction of sp³-hybridized carbons (Fsp3) is 0.857. The Bertz CT molecular complexity index is 364. The van der Waals surface area contributed by atoms with Gasteiger partial charge >= 0.3 is 12.0 Å². The second kappa shape index (κ2) is 5.39. The predicted octanol–water partition coefficient (Wildman–Crippen LogP) is 2.32. The van der Waals surface area contributed by atoms with Gasteiger partial charge in [-0.2, -0.15) is 0 Å². The lowest BCUT2D eigenvalue weighted by molar-refractivity contribution is -0.150. The zero-order valence-corrected chi connectivity index (χ0v) is 12.6. The van der Waals surface area contributed by atoms with Gasteiger partial charge in [-0.3, -0.25) is 4.79 Å². The SMILES string of the molecule is CC1CCCN(C(=O)NC(C)(C)C(C)(C)C(=O)O)C1. The van der Waals surface area contributed by atoms with E-state index in [1.807, 2.05) is 0 Å². The molecule has 110 valence electrons. The van der Waals surface area contributed by atoms with Gasteiger partial charge in [-0.25, -0.2) is 4.79 Å². The summed E-state index contributed by atoms with van der Waals surface area (Å²) in [6.45, 7) is 10.4. The highest BCUT2D eigenvalue weighted by Crippen LogP contribution is 2.31. The molecule has 2 amide bonds. The number of carbonyl (C=O) groups is 2.